The number of carboxylic acid groups (broad SMARTS) is 1. The zero-order chi connectivity index (χ0) is 12.4. The van der Waals surface area contributed by atoms with Crippen molar-refractivity contribution in [2.75, 3.05) is 11.1 Å². The average molecular weight is 250 g/mol. The number of aromatic carboxylic acids is 1. The molecule has 0 unspecified atom stereocenters. The number of rotatable bonds is 3. The fourth-order valence-corrected chi connectivity index (χ4v) is 1.94. The Morgan fingerprint density at radius 1 is 1.59 bits per heavy atom. The molecule has 0 bridgehead atoms. The van der Waals surface area contributed by atoms with Crippen molar-refractivity contribution in [1.82, 2.24) is 9.97 Å². The third kappa shape index (κ3) is 2.51. The van der Waals surface area contributed by atoms with Crippen molar-refractivity contribution in [3.63, 3.8) is 0 Å². The van der Waals surface area contributed by atoms with Gasteiger partial charge in [0.05, 0.1) is 17.6 Å². The molecule has 6 nitrogen and oxygen atoms in total. The van der Waals surface area contributed by atoms with Gasteiger partial charge in [-0.25, -0.2) is 14.8 Å². The number of aryl methyl sites for hydroxylation is 1. The number of nitrogens with zero attached hydrogens (tertiary/aromatic N) is 2. The van der Waals surface area contributed by atoms with Gasteiger partial charge in [-0.15, -0.1) is 11.3 Å². The van der Waals surface area contributed by atoms with Crippen LogP contribution in [-0.4, -0.2) is 21.0 Å². The Hall–Kier alpha value is -2.15. The van der Waals surface area contributed by atoms with Crippen molar-refractivity contribution in [2.45, 2.75) is 6.92 Å². The van der Waals surface area contributed by atoms with E-state index in [-0.39, 0.29) is 11.4 Å². The Balaban J connectivity index is 2.35. The molecule has 0 aliphatic rings. The minimum absolute atomic E-state index is 0.0258. The highest BCUT2D eigenvalue weighted by molar-refractivity contribution is 7.13. The van der Waals surface area contributed by atoms with E-state index in [2.05, 4.69) is 15.3 Å². The third-order valence-corrected chi connectivity index (χ3v) is 2.86. The first-order valence-corrected chi connectivity index (χ1v) is 5.62. The molecule has 4 N–H and O–H groups in total. The number of hydrogen-bond donors (Lipinski definition) is 3. The summed E-state index contributed by atoms with van der Waals surface area (Å²) in [4.78, 5) is 19.1. The molecule has 0 atom stereocenters. The molecule has 2 heterocycles. The topological polar surface area (TPSA) is 101 Å². The molecule has 0 radical (unpaired) electrons. The predicted molar refractivity (Wildman–Crippen MR) is 65.7 cm³/mol. The normalized spacial score (nSPS) is 10.2. The number of pyridine rings is 1. The summed E-state index contributed by atoms with van der Waals surface area (Å²) in [6.45, 7) is 1.86. The van der Waals surface area contributed by atoms with Crippen LogP contribution in [0.4, 0.5) is 16.6 Å². The van der Waals surface area contributed by atoms with Gasteiger partial charge in [-0.2, -0.15) is 0 Å². The lowest BCUT2D eigenvalue weighted by Crippen LogP contribution is -2.06. The molecule has 17 heavy (non-hydrogen) atoms. The van der Waals surface area contributed by atoms with Crippen LogP contribution >= 0.6 is 11.3 Å². The summed E-state index contributed by atoms with van der Waals surface area (Å²) in [5.74, 6) is -0.846. The standard InChI is InChI=1S/C10H10N4O2S/c1-5-4-17-10(13-5)14-8-7(9(15)16)2-6(11)3-12-8/h2-4H,11H2,1H3,(H,15,16)(H,12,13,14). The second-order valence-electron chi connectivity index (χ2n) is 3.39. The molecule has 0 amide bonds. The molecule has 2 aromatic rings. The lowest BCUT2D eigenvalue weighted by Gasteiger charge is -2.06. The molecular weight excluding hydrogens is 240 g/mol. The molecular formula is C10H10N4O2S. The van der Waals surface area contributed by atoms with Gasteiger partial charge < -0.3 is 16.2 Å². The van der Waals surface area contributed by atoms with Crippen LogP contribution in [0.2, 0.25) is 0 Å². The van der Waals surface area contributed by atoms with Gasteiger partial charge in [0.25, 0.3) is 0 Å². The maximum Gasteiger partial charge on any atom is 0.339 e. The Kier molecular flexibility index (Phi) is 2.92. The zero-order valence-corrected chi connectivity index (χ0v) is 9.78. The molecule has 0 saturated carbocycles. The van der Waals surface area contributed by atoms with Gasteiger partial charge in [0.15, 0.2) is 5.13 Å². The number of aromatic nitrogens is 2. The maximum absolute atomic E-state index is 11.0. The number of anilines is 3. The van der Waals surface area contributed by atoms with Crippen molar-refractivity contribution in [2.24, 2.45) is 0 Å². The summed E-state index contributed by atoms with van der Waals surface area (Å²) in [6, 6.07) is 1.36. The van der Waals surface area contributed by atoms with E-state index in [0.29, 0.717) is 10.8 Å². The van der Waals surface area contributed by atoms with E-state index in [1.807, 2.05) is 12.3 Å². The van der Waals surface area contributed by atoms with Crippen LogP contribution in [0.5, 0.6) is 0 Å². The largest absolute Gasteiger partial charge is 0.478 e. The van der Waals surface area contributed by atoms with E-state index < -0.39 is 5.97 Å². The van der Waals surface area contributed by atoms with E-state index >= 15 is 0 Å². The van der Waals surface area contributed by atoms with E-state index in [0.717, 1.165) is 5.69 Å². The predicted octanol–water partition coefficient (Wildman–Crippen LogP) is 1.87. The average Bonchev–Trinajstić information content (AvgIpc) is 2.66. The highest BCUT2D eigenvalue weighted by Crippen LogP contribution is 2.23. The number of thiazole rings is 1. The first-order valence-electron chi connectivity index (χ1n) is 4.74. The van der Waals surface area contributed by atoms with Crippen molar-refractivity contribution in [3.05, 3.63) is 28.9 Å². The van der Waals surface area contributed by atoms with Crippen LogP contribution in [-0.2, 0) is 0 Å². The first kappa shape index (κ1) is 11.3. The smallest absolute Gasteiger partial charge is 0.339 e. The molecule has 0 aliphatic carbocycles. The van der Waals surface area contributed by atoms with Gasteiger partial charge in [0, 0.05) is 5.38 Å². The first-order chi connectivity index (χ1) is 8.06. The van der Waals surface area contributed by atoms with Crippen LogP contribution in [0.25, 0.3) is 0 Å². The number of nitrogens with one attached hydrogen (secondary N) is 1. The minimum atomic E-state index is -1.08. The Labute approximate surface area is 101 Å². The van der Waals surface area contributed by atoms with Gasteiger partial charge in [0.1, 0.15) is 11.4 Å². The summed E-state index contributed by atoms with van der Waals surface area (Å²) in [6.07, 6.45) is 1.40. The quantitative estimate of drug-likeness (QED) is 0.768. The van der Waals surface area contributed by atoms with E-state index in [1.165, 1.54) is 23.6 Å². The van der Waals surface area contributed by atoms with E-state index in [4.69, 9.17) is 10.8 Å². The Morgan fingerprint density at radius 3 is 2.94 bits per heavy atom. The van der Waals surface area contributed by atoms with Crippen LogP contribution < -0.4 is 11.1 Å². The van der Waals surface area contributed by atoms with E-state index in [1.54, 1.807) is 0 Å². The Morgan fingerprint density at radius 2 is 2.35 bits per heavy atom. The highest BCUT2D eigenvalue weighted by atomic mass is 32.1. The molecule has 0 aliphatic heterocycles. The van der Waals surface area contributed by atoms with Gasteiger partial charge >= 0.3 is 5.97 Å². The number of nitrogens with two attached hydrogens (primary N) is 1. The summed E-state index contributed by atoms with van der Waals surface area (Å²) in [7, 11) is 0. The van der Waals surface area contributed by atoms with E-state index in [9.17, 15) is 4.79 Å². The fraction of sp³-hybridized carbons (Fsp3) is 0.100. The molecule has 0 aromatic carbocycles. The van der Waals surface area contributed by atoms with Crippen LogP contribution in [0.15, 0.2) is 17.6 Å². The summed E-state index contributed by atoms with van der Waals surface area (Å²) >= 11 is 1.38. The monoisotopic (exact) mass is 250 g/mol. The molecule has 0 saturated heterocycles. The summed E-state index contributed by atoms with van der Waals surface area (Å²) < 4.78 is 0. The summed E-state index contributed by atoms with van der Waals surface area (Å²) in [5, 5.41) is 14.3. The van der Waals surface area contributed by atoms with Crippen molar-refractivity contribution in [1.29, 1.82) is 0 Å². The second kappa shape index (κ2) is 4.38. The molecule has 88 valence electrons. The molecule has 7 heteroatoms. The molecule has 0 spiro atoms. The SMILES string of the molecule is Cc1csc(Nc2ncc(N)cc2C(=O)O)n1. The van der Waals surface area contributed by atoms with Gasteiger partial charge in [-0.3, -0.25) is 0 Å². The Bertz CT molecular complexity index is 567. The fourth-order valence-electron chi connectivity index (χ4n) is 1.26. The minimum Gasteiger partial charge on any atom is -0.478 e. The molecule has 2 rings (SSSR count). The van der Waals surface area contributed by atoms with Crippen molar-refractivity contribution >= 4 is 33.9 Å². The highest BCUT2D eigenvalue weighted by Gasteiger charge is 2.13. The second-order valence-corrected chi connectivity index (χ2v) is 4.25. The van der Waals surface area contributed by atoms with Crippen molar-refractivity contribution < 1.29 is 9.90 Å². The third-order valence-electron chi connectivity index (χ3n) is 1.98. The number of nitrogen functional groups attached to an aromatic ring is 1. The van der Waals surface area contributed by atoms with Gasteiger partial charge in [-0.05, 0) is 13.0 Å². The van der Waals surface area contributed by atoms with Gasteiger partial charge in [0.2, 0.25) is 0 Å². The van der Waals surface area contributed by atoms with Crippen LogP contribution in [0.3, 0.4) is 0 Å². The number of hydrogen-bond acceptors (Lipinski definition) is 6. The maximum atomic E-state index is 11.0. The molecule has 0 fully saturated rings. The number of carboxylic acids is 1. The van der Waals surface area contributed by atoms with Gasteiger partial charge in [-0.1, -0.05) is 0 Å². The molecule has 2 aromatic heterocycles. The lowest BCUT2D eigenvalue weighted by molar-refractivity contribution is 0.0697. The van der Waals surface area contributed by atoms with Crippen LogP contribution in [0.1, 0.15) is 16.1 Å². The summed E-state index contributed by atoms with van der Waals surface area (Å²) in [5.41, 5.74) is 6.70. The number of carbonyl (C=O) groups is 1. The zero-order valence-electron chi connectivity index (χ0n) is 8.97. The van der Waals surface area contributed by atoms with Crippen LogP contribution in [0, 0.1) is 6.92 Å². The lowest BCUT2D eigenvalue weighted by atomic mass is 10.2. The van der Waals surface area contributed by atoms with Crippen molar-refractivity contribution in [3.8, 4) is 0 Å².